The van der Waals surface area contributed by atoms with Gasteiger partial charge in [0.1, 0.15) is 17.6 Å². The average molecular weight is 426 g/mol. The van der Waals surface area contributed by atoms with Crippen LogP contribution in [0.5, 0.6) is 5.88 Å². The third-order valence-corrected chi connectivity index (χ3v) is 5.50. The number of hydrogen-bond acceptors (Lipinski definition) is 4. The molecular formula is C23H24F2N4O2. The van der Waals surface area contributed by atoms with Crippen molar-refractivity contribution < 1.29 is 18.3 Å². The number of ether oxygens (including phenoxy) is 1. The molecule has 0 radical (unpaired) electrons. The first-order chi connectivity index (χ1) is 14.9. The van der Waals surface area contributed by atoms with Crippen molar-refractivity contribution in [3.63, 3.8) is 0 Å². The Morgan fingerprint density at radius 1 is 1.19 bits per heavy atom. The topological polar surface area (TPSA) is 69.0 Å². The van der Waals surface area contributed by atoms with E-state index in [2.05, 4.69) is 15.4 Å². The summed E-state index contributed by atoms with van der Waals surface area (Å²) in [4.78, 5) is 17.1. The lowest BCUT2D eigenvalue weighted by atomic mass is 10.1. The van der Waals surface area contributed by atoms with Crippen molar-refractivity contribution in [2.75, 3.05) is 0 Å². The van der Waals surface area contributed by atoms with Crippen LogP contribution in [-0.2, 0) is 6.54 Å². The van der Waals surface area contributed by atoms with Crippen molar-refractivity contribution in [1.29, 1.82) is 0 Å². The summed E-state index contributed by atoms with van der Waals surface area (Å²) in [5.41, 5.74) is 2.24. The molecule has 2 heterocycles. The molecule has 1 N–H and O–H groups in total. The van der Waals surface area contributed by atoms with E-state index in [0.717, 1.165) is 30.5 Å². The van der Waals surface area contributed by atoms with Gasteiger partial charge >= 0.3 is 0 Å². The zero-order valence-corrected chi connectivity index (χ0v) is 17.5. The minimum atomic E-state index is -0.746. The molecule has 6 nitrogen and oxygen atoms in total. The van der Waals surface area contributed by atoms with Crippen molar-refractivity contribution in [3.8, 4) is 11.6 Å². The molecule has 162 valence electrons. The molecule has 1 aromatic carbocycles. The number of pyridine rings is 1. The fourth-order valence-corrected chi connectivity index (χ4v) is 3.93. The molecule has 8 heteroatoms. The highest BCUT2D eigenvalue weighted by Gasteiger charge is 2.21. The number of benzene rings is 1. The van der Waals surface area contributed by atoms with Crippen LogP contribution >= 0.6 is 0 Å². The zero-order chi connectivity index (χ0) is 22.0. The normalized spacial score (nSPS) is 14.1. The Morgan fingerprint density at radius 2 is 1.97 bits per heavy atom. The van der Waals surface area contributed by atoms with Gasteiger partial charge in [0.15, 0.2) is 5.82 Å². The van der Waals surface area contributed by atoms with E-state index in [-0.39, 0.29) is 24.2 Å². The predicted molar refractivity (Wildman–Crippen MR) is 111 cm³/mol. The number of rotatable bonds is 6. The van der Waals surface area contributed by atoms with Gasteiger partial charge in [0.05, 0.1) is 17.0 Å². The molecule has 1 saturated carbocycles. The van der Waals surface area contributed by atoms with Gasteiger partial charge < -0.3 is 10.1 Å². The monoisotopic (exact) mass is 426 g/mol. The van der Waals surface area contributed by atoms with Crippen molar-refractivity contribution >= 4 is 5.91 Å². The standard InChI is InChI=1S/C23H24F2N4O2/c1-14-22(15(2)29(28-14)20-8-7-17(24)12-19(20)25)23(30)27-13-16-9-10-26-21(11-16)31-18-5-3-4-6-18/h7-12,18H,3-6,13H2,1-2H3,(H,27,30). The molecule has 0 atom stereocenters. The van der Waals surface area contributed by atoms with Crippen LogP contribution in [0.4, 0.5) is 8.78 Å². The summed E-state index contributed by atoms with van der Waals surface area (Å²) in [6, 6.07) is 6.90. The second kappa shape index (κ2) is 8.83. The molecule has 1 fully saturated rings. The molecular weight excluding hydrogens is 402 g/mol. The van der Waals surface area contributed by atoms with E-state index in [9.17, 15) is 13.6 Å². The van der Waals surface area contributed by atoms with Gasteiger partial charge in [0, 0.05) is 24.9 Å². The third-order valence-electron chi connectivity index (χ3n) is 5.50. The minimum absolute atomic E-state index is 0.0869. The first kappa shape index (κ1) is 21.0. The Labute approximate surface area is 179 Å². The lowest BCUT2D eigenvalue weighted by molar-refractivity contribution is 0.0949. The van der Waals surface area contributed by atoms with E-state index >= 15 is 0 Å². The summed E-state index contributed by atoms with van der Waals surface area (Å²) in [6.45, 7) is 3.65. The molecule has 1 aliphatic rings. The third kappa shape index (κ3) is 4.57. The van der Waals surface area contributed by atoms with Crippen LogP contribution in [0.3, 0.4) is 0 Å². The maximum absolute atomic E-state index is 14.2. The Balaban J connectivity index is 1.47. The number of aryl methyl sites for hydroxylation is 1. The van der Waals surface area contributed by atoms with Crippen LogP contribution in [0.1, 0.15) is 53.0 Å². The maximum Gasteiger partial charge on any atom is 0.255 e. The van der Waals surface area contributed by atoms with Crippen LogP contribution in [-0.4, -0.2) is 26.8 Å². The van der Waals surface area contributed by atoms with E-state index in [1.165, 1.54) is 23.6 Å². The van der Waals surface area contributed by atoms with Crippen molar-refractivity contribution in [2.45, 2.75) is 52.2 Å². The summed E-state index contributed by atoms with van der Waals surface area (Å²) in [6.07, 6.45) is 6.31. The number of aromatic nitrogens is 3. The Hall–Kier alpha value is -3.29. The highest BCUT2D eigenvalue weighted by Crippen LogP contribution is 2.24. The van der Waals surface area contributed by atoms with E-state index < -0.39 is 11.6 Å². The molecule has 1 amide bonds. The summed E-state index contributed by atoms with van der Waals surface area (Å²) in [5, 5.41) is 7.16. The number of nitrogens with one attached hydrogen (secondary N) is 1. The highest BCUT2D eigenvalue weighted by atomic mass is 19.1. The van der Waals surface area contributed by atoms with Gasteiger partial charge in [-0.15, -0.1) is 0 Å². The Morgan fingerprint density at radius 3 is 2.71 bits per heavy atom. The van der Waals surface area contributed by atoms with Gasteiger partial charge in [-0.1, -0.05) is 0 Å². The second-order valence-corrected chi connectivity index (χ2v) is 7.76. The summed E-state index contributed by atoms with van der Waals surface area (Å²) in [7, 11) is 0. The average Bonchev–Trinajstić information content (AvgIpc) is 3.34. The molecule has 3 aromatic rings. The number of hydrogen-bond donors (Lipinski definition) is 1. The minimum Gasteiger partial charge on any atom is -0.474 e. The van der Waals surface area contributed by atoms with Crippen molar-refractivity contribution in [3.05, 3.63) is 70.7 Å². The number of halogens is 2. The van der Waals surface area contributed by atoms with Crippen LogP contribution in [0.25, 0.3) is 5.69 Å². The second-order valence-electron chi connectivity index (χ2n) is 7.76. The van der Waals surface area contributed by atoms with Crippen LogP contribution < -0.4 is 10.1 Å². The largest absolute Gasteiger partial charge is 0.474 e. The molecule has 0 spiro atoms. The molecule has 0 saturated heterocycles. The quantitative estimate of drug-likeness (QED) is 0.634. The van der Waals surface area contributed by atoms with E-state index in [1.807, 2.05) is 12.1 Å². The van der Waals surface area contributed by atoms with Gasteiger partial charge in [-0.2, -0.15) is 5.10 Å². The molecule has 0 aliphatic heterocycles. The molecule has 0 bridgehead atoms. The first-order valence-electron chi connectivity index (χ1n) is 10.3. The summed E-state index contributed by atoms with van der Waals surface area (Å²) in [5.74, 6) is -1.18. The van der Waals surface area contributed by atoms with Gasteiger partial charge in [0.25, 0.3) is 5.91 Å². The van der Waals surface area contributed by atoms with Gasteiger partial charge in [-0.25, -0.2) is 18.4 Å². The van der Waals surface area contributed by atoms with Crippen LogP contribution in [0.15, 0.2) is 36.5 Å². The fourth-order valence-electron chi connectivity index (χ4n) is 3.93. The number of amides is 1. The molecule has 0 unspecified atom stereocenters. The van der Waals surface area contributed by atoms with Gasteiger partial charge in [0.2, 0.25) is 5.88 Å². The predicted octanol–water partition coefficient (Wildman–Crippen LogP) is 4.41. The molecule has 2 aromatic heterocycles. The zero-order valence-electron chi connectivity index (χ0n) is 17.5. The SMILES string of the molecule is Cc1nn(-c2ccc(F)cc2F)c(C)c1C(=O)NCc1ccnc(OC2CCCC2)c1. The van der Waals surface area contributed by atoms with Gasteiger partial charge in [-0.3, -0.25) is 4.79 Å². The molecule has 1 aliphatic carbocycles. The molecule has 4 rings (SSSR count). The number of carbonyl (C=O) groups is 1. The van der Waals surface area contributed by atoms with E-state index in [0.29, 0.717) is 22.8 Å². The fraction of sp³-hybridized carbons (Fsp3) is 0.348. The molecule has 31 heavy (non-hydrogen) atoms. The lowest BCUT2D eigenvalue weighted by Crippen LogP contribution is -2.24. The van der Waals surface area contributed by atoms with E-state index in [1.54, 1.807) is 20.0 Å². The Kier molecular flexibility index (Phi) is 5.97. The smallest absolute Gasteiger partial charge is 0.255 e. The van der Waals surface area contributed by atoms with Crippen molar-refractivity contribution in [1.82, 2.24) is 20.1 Å². The highest BCUT2D eigenvalue weighted by molar-refractivity contribution is 5.96. The van der Waals surface area contributed by atoms with Crippen LogP contribution in [0, 0.1) is 25.5 Å². The summed E-state index contributed by atoms with van der Waals surface area (Å²) < 4.78 is 34.7. The summed E-state index contributed by atoms with van der Waals surface area (Å²) >= 11 is 0. The Bertz CT molecular complexity index is 1110. The van der Waals surface area contributed by atoms with E-state index in [4.69, 9.17) is 4.74 Å². The first-order valence-corrected chi connectivity index (χ1v) is 10.3. The number of nitrogens with zero attached hydrogens (tertiary/aromatic N) is 3. The van der Waals surface area contributed by atoms with Gasteiger partial charge in [-0.05, 0) is 63.3 Å². The lowest BCUT2D eigenvalue weighted by Gasteiger charge is -2.13. The van der Waals surface area contributed by atoms with Crippen molar-refractivity contribution in [2.24, 2.45) is 0 Å². The number of carbonyl (C=O) groups excluding carboxylic acids is 1. The maximum atomic E-state index is 14.2. The van der Waals surface area contributed by atoms with Crippen LogP contribution in [0.2, 0.25) is 0 Å².